The number of benzene rings is 1. The summed E-state index contributed by atoms with van der Waals surface area (Å²) in [6, 6.07) is 9.99. The van der Waals surface area contributed by atoms with Gasteiger partial charge in [0.1, 0.15) is 10.7 Å². The van der Waals surface area contributed by atoms with Gasteiger partial charge in [0.05, 0.1) is 31.5 Å². The summed E-state index contributed by atoms with van der Waals surface area (Å²) in [5.41, 5.74) is 3.37. The van der Waals surface area contributed by atoms with Gasteiger partial charge in [-0.25, -0.2) is 10.1 Å². The Hall–Kier alpha value is -2.71. The molecule has 2 N–H and O–H groups in total. The van der Waals surface area contributed by atoms with Crippen molar-refractivity contribution in [1.29, 1.82) is 0 Å². The Morgan fingerprint density at radius 2 is 2.00 bits per heavy atom. The number of hydrogen-bond donors (Lipinski definition) is 2. The second-order valence-corrected chi connectivity index (χ2v) is 8.51. The summed E-state index contributed by atoms with van der Waals surface area (Å²) >= 11 is 1.77. The summed E-state index contributed by atoms with van der Waals surface area (Å²) in [6.07, 6.45) is 0. The molecule has 2 aliphatic heterocycles. The highest BCUT2D eigenvalue weighted by atomic mass is 32.1. The molecule has 1 saturated heterocycles. The Morgan fingerprint density at radius 3 is 2.66 bits per heavy atom. The van der Waals surface area contributed by atoms with E-state index < -0.39 is 6.04 Å². The lowest BCUT2D eigenvalue weighted by Crippen LogP contribution is -2.48. The van der Waals surface area contributed by atoms with E-state index in [2.05, 4.69) is 56.9 Å². The molecule has 0 amide bonds. The average molecular weight is 413 g/mol. The van der Waals surface area contributed by atoms with Gasteiger partial charge in [-0.1, -0.05) is 12.1 Å². The Balaban J connectivity index is 1.57. The molecule has 4 rings (SSSR count). The van der Waals surface area contributed by atoms with Crippen LogP contribution in [0.1, 0.15) is 10.4 Å². The third kappa shape index (κ3) is 4.04. The molecule has 0 radical (unpaired) electrons. The molecule has 1 unspecified atom stereocenters. The minimum atomic E-state index is -0.530. The number of piperazine rings is 1. The van der Waals surface area contributed by atoms with Crippen LogP contribution in [0, 0.1) is 6.92 Å². The highest BCUT2D eigenvalue weighted by Gasteiger charge is 2.30. The van der Waals surface area contributed by atoms with Crippen molar-refractivity contribution in [3.63, 3.8) is 0 Å². The Bertz CT molecular complexity index is 958. The number of ether oxygens (including phenoxy) is 1. The number of carbonyl (C=O) groups excluding carboxylic acids is 1. The Kier molecular flexibility index (Phi) is 5.64. The Labute approximate surface area is 174 Å². The molecule has 152 valence electrons. The average Bonchev–Trinajstić information content (AvgIpc) is 3.03. The number of nitrogens with zero attached hydrogens (tertiary/aromatic N) is 3. The monoisotopic (exact) mass is 412 g/mol. The standard InChI is InChI=1S/C21H25N5O2S/c1-14-12-15-19(23-16-6-4-5-7-17(16)24-20(15)29-14)26-10-8-25(9-11-26)13-18(22-2)21(27)28-3/h4-7,12,18H,2,8-11,13H2,1,3H3,(H,23,24)/p+1. The molecule has 0 bridgehead atoms. The van der Waals surface area contributed by atoms with Crippen LogP contribution in [0.25, 0.3) is 0 Å². The first-order valence-corrected chi connectivity index (χ1v) is 10.5. The first kappa shape index (κ1) is 19.6. The van der Waals surface area contributed by atoms with Gasteiger partial charge in [-0.2, -0.15) is 0 Å². The summed E-state index contributed by atoms with van der Waals surface area (Å²) in [5.74, 6) is 0.802. The van der Waals surface area contributed by atoms with Gasteiger partial charge in [-0.15, -0.1) is 11.3 Å². The van der Waals surface area contributed by atoms with Crippen LogP contribution in [-0.2, 0) is 9.53 Å². The zero-order chi connectivity index (χ0) is 20.4. The topological polar surface area (TPSA) is 69.0 Å². The van der Waals surface area contributed by atoms with Gasteiger partial charge in [0, 0.05) is 24.5 Å². The number of aliphatic imine (C=N–C) groups is 1. The molecule has 2 aromatic rings. The lowest BCUT2D eigenvalue weighted by Gasteiger charge is -2.29. The zero-order valence-electron chi connectivity index (χ0n) is 16.8. The molecular weight excluding hydrogens is 386 g/mol. The number of hydrogen-bond acceptors (Lipinski definition) is 6. The third-order valence-corrected chi connectivity index (χ3v) is 6.32. The van der Waals surface area contributed by atoms with Gasteiger partial charge in [-0.3, -0.25) is 14.5 Å². The number of para-hydroxylation sites is 2. The lowest BCUT2D eigenvalue weighted by molar-refractivity contribution is -0.539. The van der Waals surface area contributed by atoms with Gasteiger partial charge >= 0.3 is 5.97 Å². The number of esters is 1. The number of fused-ring (bicyclic) bond motifs is 2. The number of aryl methyl sites for hydroxylation is 1. The maximum absolute atomic E-state index is 11.8. The number of methoxy groups -OCH3 is 1. The number of thiophene rings is 1. The van der Waals surface area contributed by atoms with Crippen LogP contribution in [0.2, 0.25) is 0 Å². The first-order chi connectivity index (χ1) is 14.1. The molecule has 1 fully saturated rings. The predicted octanol–water partition coefficient (Wildman–Crippen LogP) is 2.54. The molecule has 8 heteroatoms. The zero-order valence-corrected chi connectivity index (χ0v) is 17.6. The fraction of sp³-hybridized carbons (Fsp3) is 0.381. The molecule has 29 heavy (non-hydrogen) atoms. The van der Waals surface area contributed by atoms with Crippen LogP contribution in [0.4, 0.5) is 16.4 Å². The van der Waals surface area contributed by atoms with Gasteiger partial charge in [-0.05, 0) is 31.8 Å². The maximum Gasteiger partial charge on any atom is 0.331 e. The van der Waals surface area contributed by atoms with E-state index in [9.17, 15) is 4.79 Å². The molecule has 0 spiro atoms. The molecule has 1 aromatic carbocycles. The maximum atomic E-state index is 11.8. The third-order valence-electron chi connectivity index (χ3n) is 5.35. The quantitative estimate of drug-likeness (QED) is 0.459. The van der Waals surface area contributed by atoms with Crippen LogP contribution in [-0.4, -0.2) is 73.9 Å². The Morgan fingerprint density at radius 1 is 1.31 bits per heavy atom. The molecule has 0 saturated carbocycles. The molecule has 3 heterocycles. The van der Waals surface area contributed by atoms with Gasteiger partial charge < -0.3 is 10.1 Å². The molecule has 0 aliphatic carbocycles. The smallest absolute Gasteiger partial charge is 0.331 e. The highest BCUT2D eigenvalue weighted by Crippen LogP contribution is 2.37. The van der Waals surface area contributed by atoms with E-state index in [1.807, 2.05) is 12.1 Å². The first-order valence-electron chi connectivity index (χ1n) is 9.71. The van der Waals surface area contributed by atoms with Crippen LogP contribution in [0.3, 0.4) is 0 Å². The molecular formula is C21H26N5O2S+. The molecule has 2 aliphatic rings. The summed E-state index contributed by atoms with van der Waals surface area (Å²) in [6.45, 7) is 9.64. The van der Waals surface area contributed by atoms with Gasteiger partial charge in [0.15, 0.2) is 6.04 Å². The SMILES string of the molecule is C=NC(CN1CC[N+](=C2Nc3ccccc3Nc3sc(C)cc32)CC1)C(=O)OC. The van der Waals surface area contributed by atoms with Gasteiger partial charge in [0.2, 0.25) is 0 Å². The number of amidine groups is 1. The highest BCUT2D eigenvalue weighted by molar-refractivity contribution is 7.16. The normalized spacial score (nSPS) is 17.3. The van der Waals surface area contributed by atoms with Crippen LogP contribution in [0.5, 0.6) is 0 Å². The fourth-order valence-electron chi connectivity index (χ4n) is 3.79. The largest absolute Gasteiger partial charge is 0.467 e. The van der Waals surface area contributed by atoms with Gasteiger partial charge in [0.25, 0.3) is 5.84 Å². The number of carbonyl (C=O) groups is 1. The fourth-order valence-corrected chi connectivity index (χ4v) is 4.72. The summed E-state index contributed by atoms with van der Waals surface area (Å²) in [7, 11) is 1.39. The van der Waals surface area contributed by atoms with E-state index in [1.54, 1.807) is 11.3 Å². The minimum Gasteiger partial charge on any atom is -0.467 e. The summed E-state index contributed by atoms with van der Waals surface area (Å²) in [4.78, 5) is 19.3. The lowest BCUT2D eigenvalue weighted by atomic mass is 10.2. The van der Waals surface area contributed by atoms with E-state index >= 15 is 0 Å². The van der Waals surface area contributed by atoms with Crippen LogP contribution < -0.4 is 10.6 Å². The van der Waals surface area contributed by atoms with E-state index in [4.69, 9.17) is 4.74 Å². The van der Waals surface area contributed by atoms with E-state index in [0.29, 0.717) is 6.54 Å². The van der Waals surface area contributed by atoms with Crippen molar-refractivity contribution in [2.75, 3.05) is 50.5 Å². The molecule has 7 nitrogen and oxygen atoms in total. The van der Waals surface area contributed by atoms with Crippen molar-refractivity contribution in [1.82, 2.24) is 4.90 Å². The van der Waals surface area contributed by atoms with Crippen molar-refractivity contribution >= 4 is 46.2 Å². The van der Waals surface area contributed by atoms with E-state index in [0.717, 1.165) is 43.4 Å². The van der Waals surface area contributed by atoms with Crippen molar-refractivity contribution in [2.24, 2.45) is 4.99 Å². The summed E-state index contributed by atoms with van der Waals surface area (Å²) < 4.78 is 7.21. The second-order valence-electron chi connectivity index (χ2n) is 7.25. The van der Waals surface area contributed by atoms with E-state index in [-0.39, 0.29) is 5.97 Å². The van der Waals surface area contributed by atoms with Crippen LogP contribution in [0.15, 0.2) is 35.3 Å². The number of nitrogens with one attached hydrogen (secondary N) is 2. The van der Waals surface area contributed by atoms with Crippen molar-refractivity contribution in [3.8, 4) is 0 Å². The summed E-state index contributed by atoms with van der Waals surface area (Å²) in [5, 5.41) is 8.41. The van der Waals surface area contributed by atoms with Crippen molar-refractivity contribution in [3.05, 3.63) is 40.8 Å². The van der Waals surface area contributed by atoms with Crippen molar-refractivity contribution in [2.45, 2.75) is 13.0 Å². The molecule has 1 atom stereocenters. The second kappa shape index (κ2) is 8.34. The molecule has 1 aromatic heterocycles. The number of anilines is 3. The number of rotatable bonds is 4. The van der Waals surface area contributed by atoms with E-state index in [1.165, 1.54) is 22.6 Å². The predicted molar refractivity (Wildman–Crippen MR) is 118 cm³/mol. The minimum absolute atomic E-state index is 0.330. The van der Waals surface area contributed by atoms with Crippen LogP contribution >= 0.6 is 11.3 Å². The van der Waals surface area contributed by atoms with Crippen molar-refractivity contribution < 1.29 is 14.1 Å².